The summed E-state index contributed by atoms with van der Waals surface area (Å²) in [7, 11) is 0. The summed E-state index contributed by atoms with van der Waals surface area (Å²) in [6.45, 7) is 4.35. The lowest BCUT2D eigenvalue weighted by molar-refractivity contribution is -0.138. The number of carbonyl (C=O) groups is 4. The van der Waals surface area contributed by atoms with Crippen molar-refractivity contribution in [2.75, 3.05) is 26.2 Å². The van der Waals surface area contributed by atoms with E-state index in [2.05, 4.69) is 10.2 Å². The quantitative estimate of drug-likeness (QED) is 0.627. The zero-order valence-corrected chi connectivity index (χ0v) is 19.5. The number of rotatable bonds is 4. The van der Waals surface area contributed by atoms with Crippen LogP contribution < -0.4 is 11.1 Å². The zero-order chi connectivity index (χ0) is 23.8. The second-order valence-electron chi connectivity index (χ2n) is 10.1. The van der Waals surface area contributed by atoms with Gasteiger partial charge in [-0.15, -0.1) is 0 Å². The molecule has 0 spiro atoms. The number of benzene rings is 1. The second-order valence-corrected chi connectivity index (χ2v) is 10.1. The first kappa shape index (κ1) is 23.0. The molecule has 1 atom stereocenters. The number of hydrogen-bond acceptors (Lipinski definition) is 6. The molecule has 5 rings (SSSR count). The summed E-state index contributed by atoms with van der Waals surface area (Å²) < 4.78 is 0. The summed E-state index contributed by atoms with van der Waals surface area (Å²) in [5.41, 5.74) is 8.69. The monoisotopic (exact) mass is 467 g/mol. The van der Waals surface area contributed by atoms with Crippen molar-refractivity contribution in [2.24, 2.45) is 11.7 Å². The Morgan fingerprint density at radius 2 is 1.74 bits per heavy atom. The molecular formula is C25H33N5O4. The molecule has 1 aromatic rings. The van der Waals surface area contributed by atoms with E-state index in [0.717, 1.165) is 69.5 Å². The fourth-order valence-corrected chi connectivity index (χ4v) is 5.75. The fraction of sp³-hybridized carbons (Fsp3) is 0.600. The van der Waals surface area contributed by atoms with Crippen molar-refractivity contribution in [3.05, 3.63) is 34.9 Å². The Morgan fingerprint density at radius 1 is 1.00 bits per heavy atom. The van der Waals surface area contributed by atoms with E-state index in [1.807, 2.05) is 23.1 Å². The molecule has 0 bridgehead atoms. The predicted octanol–water partition coefficient (Wildman–Crippen LogP) is 0.609. The molecule has 4 aliphatic heterocycles. The molecule has 0 aromatic heterocycles. The first-order valence-corrected chi connectivity index (χ1v) is 12.4. The zero-order valence-electron chi connectivity index (χ0n) is 19.5. The molecule has 1 aromatic carbocycles. The van der Waals surface area contributed by atoms with Gasteiger partial charge in [-0.2, -0.15) is 0 Å². The van der Waals surface area contributed by atoms with Gasteiger partial charge in [-0.3, -0.25) is 29.4 Å². The van der Waals surface area contributed by atoms with Crippen LogP contribution in [-0.2, 0) is 27.5 Å². The van der Waals surface area contributed by atoms with Crippen molar-refractivity contribution >= 4 is 23.6 Å². The van der Waals surface area contributed by atoms with Gasteiger partial charge >= 0.3 is 0 Å². The molecule has 4 heterocycles. The van der Waals surface area contributed by atoms with Crippen molar-refractivity contribution in [2.45, 2.75) is 63.7 Å². The third-order valence-corrected chi connectivity index (χ3v) is 7.86. The number of fused-ring (bicyclic) bond motifs is 1. The summed E-state index contributed by atoms with van der Waals surface area (Å²) >= 11 is 0. The Hall–Kier alpha value is -2.78. The number of hydrogen-bond donors (Lipinski definition) is 2. The average Bonchev–Trinajstić information content (AvgIpc) is 3.17. The molecule has 9 nitrogen and oxygen atoms in total. The Morgan fingerprint density at radius 3 is 2.44 bits per heavy atom. The Bertz CT molecular complexity index is 995. The average molecular weight is 468 g/mol. The predicted molar refractivity (Wildman–Crippen MR) is 124 cm³/mol. The van der Waals surface area contributed by atoms with E-state index in [-0.39, 0.29) is 42.0 Å². The van der Waals surface area contributed by atoms with Crippen molar-refractivity contribution in [1.82, 2.24) is 20.0 Å². The molecule has 3 N–H and O–H groups in total. The number of carbonyl (C=O) groups excluding carboxylic acids is 4. The summed E-state index contributed by atoms with van der Waals surface area (Å²) in [6, 6.07) is 5.39. The Labute approximate surface area is 199 Å². The molecular weight excluding hydrogens is 434 g/mol. The third kappa shape index (κ3) is 4.46. The van der Waals surface area contributed by atoms with Crippen molar-refractivity contribution in [3.8, 4) is 0 Å². The molecule has 1 unspecified atom stereocenters. The van der Waals surface area contributed by atoms with Gasteiger partial charge in [0.15, 0.2) is 0 Å². The van der Waals surface area contributed by atoms with Crippen molar-refractivity contribution in [1.29, 1.82) is 0 Å². The molecule has 9 heteroatoms. The molecule has 3 saturated heterocycles. The Kier molecular flexibility index (Phi) is 6.40. The van der Waals surface area contributed by atoms with Gasteiger partial charge in [-0.1, -0.05) is 12.1 Å². The van der Waals surface area contributed by atoms with E-state index < -0.39 is 6.04 Å². The first-order valence-electron chi connectivity index (χ1n) is 12.4. The number of nitrogens with zero attached hydrogens (tertiary/aromatic N) is 3. The van der Waals surface area contributed by atoms with Crippen LogP contribution in [0.4, 0.5) is 0 Å². The van der Waals surface area contributed by atoms with E-state index >= 15 is 0 Å². The minimum absolute atomic E-state index is 0.0802. The second kappa shape index (κ2) is 9.46. The number of nitrogens with two attached hydrogens (primary N) is 1. The molecule has 0 aliphatic carbocycles. The largest absolute Gasteiger partial charge is 0.342 e. The smallest absolute Gasteiger partial charge is 0.255 e. The SMILES string of the molecule is NC1CCN(C(=O)C2CCN(Cc3cccc4c3CN(C3CCC(=O)NC3=O)C4=O)CC2)CC1. The highest BCUT2D eigenvalue weighted by molar-refractivity contribution is 6.05. The van der Waals surface area contributed by atoms with Gasteiger partial charge in [-0.25, -0.2) is 0 Å². The lowest BCUT2D eigenvalue weighted by atomic mass is 9.93. The van der Waals surface area contributed by atoms with Crippen LogP contribution in [0.5, 0.6) is 0 Å². The molecule has 4 amide bonds. The molecule has 182 valence electrons. The van der Waals surface area contributed by atoms with Crippen molar-refractivity contribution in [3.63, 3.8) is 0 Å². The van der Waals surface area contributed by atoms with E-state index in [1.54, 1.807) is 4.90 Å². The topological polar surface area (TPSA) is 116 Å². The van der Waals surface area contributed by atoms with Crippen LogP contribution in [0.15, 0.2) is 18.2 Å². The van der Waals surface area contributed by atoms with E-state index in [0.29, 0.717) is 18.5 Å². The molecule has 3 fully saturated rings. The van der Waals surface area contributed by atoms with Gasteiger partial charge in [0.25, 0.3) is 5.91 Å². The highest BCUT2D eigenvalue weighted by atomic mass is 16.2. The summed E-state index contributed by atoms with van der Waals surface area (Å²) in [4.78, 5) is 55.8. The fourth-order valence-electron chi connectivity index (χ4n) is 5.75. The molecule has 34 heavy (non-hydrogen) atoms. The maximum absolute atomic E-state index is 13.1. The maximum Gasteiger partial charge on any atom is 0.255 e. The number of imide groups is 1. The van der Waals surface area contributed by atoms with Gasteiger partial charge in [0.2, 0.25) is 17.7 Å². The third-order valence-electron chi connectivity index (χ3n) is 7.86. The van der Waals surface area contributed by atoms with Crippen LogP contribution in [0.1, 0.15) is 60.0 Å². The van der Waals surface area contributed by atoms with E-state index in [1.165, 1.54) is 0 Å². The van der Waals surface area contributed by atoms with Gasteiger partial charge < -0.3 is 15.5 Å². The van der Waals surface area contributed by atoms with Crippen LogP contribution >= 0.6 is 0 Å². The maximum atomic E-state index is 13.1. The number of likely N-dealkylation sites (tertiary alicyclic amines) is 2. The van der Waals surface area contributed by atoms with Gasteiger partial charge in [0.05, 0.1) is 0 Å². The van der Waals surface area contributed by atoms with Crippen LogP contribution in [0.2, 0.25) is 0 Å². The summed E-state index contributed by atoms with van der Waals surface area (Å²) in [6.07, 6.45) is 4.08. The normalized spacial score (nSPS) is 25.0. The number of piperidine rings is 3. The van der Waals surface area contributed by atoms with Crippen LogP contribution in [0.3, 0.4) is 0 Å². The minimum Gasteiger partial charge on any atom is -0.342 e. The summed E-state index contributed by atoms with van der Waals surface area (Å²) in [5, 5.41) is 2.36. The number of amides is 4. The lowest BCUT2D eigenvalue weighted by Gasteiger charge is -2.36. The van der Waals surface area contributed by atoms with Crippen LogP contribution in [0, 0.1) is 5.92 Å². The standard InChI is InChI=1S/C25H33N5O4/c26-18-8-12-29(13-9-18)24(33)16-6-10-28(11-7-16)14-17-2-1-3-19-20(17)15-30(25(19)34)21-4-5-22(31)27-23(21)32/h1-3,16,18,21H,4-15,26H2,(H,27,31,32). The van der Waals surface area contributed by atoms with Gasteiger partial charge in [0.1, 0.15) is 6.04 Å². The minimum atomic E-state index is -0.600. The highest BCUT2D eigenvalue weighted by Crippen LogP contribution is 2.31. The molecule has 0 saturated carbocycles. The molecule has 0 radical (unpaired) electrons. The number of nitrogens with one attached hydrogen (secondary N) is 1. The Balaban J connectivity index is 1.20. The van der Waals surface area contributed by atoms with Crippen LogP contribution in [0.25, 0.3) is 0 Å². The van der Waals surface area contributed by atoms with E-state index in [4.69, 9.17) is 5.73 Å². The molecule has 4 aliphatic rings. The van der Waals surface area contributed by atoms with Crippen LogP contribution in [-0.4, -0.2) is 76.6 Å². The van der Waals surface area contributed by atoms with Gasteiger partial charge in [-0.05, 0) is 62.4 Å². The lowest BCUT2D eigenvalue weighted by Crippen LogP contribution is -2.52. The van der Waals surface area contributed by atoms with Gasteiger partial charge in [0, 0.05) is 50.1 Å². The summed E-state index contributed by atoms with van der Waals surface area (Å²) in [5.74, 6) is -0.454. The van der Waals surface area contributed by atoms with E-state index in [9.17, 15) is 19.2 Å². The highest BCUT2D eigenvalue weighted by Gasteiger charge is 2.40. The first-order chi connectivity index (χ1) is 16.4. The van der Waals surface area contributed by atoms with Crippen molar-refractivity contribution < 1.29 is 19.2 Å².